The van der Waals surface area contributed by atoms with Crippen LogP contribution in [0.3, 0.4) is 0 Å². The minimum atomic E-state index is -1.01. The Balaban J connectivity index is 1.88. The number of carbonyl (C=O) groups excluding carboxylic acids is 1. The number of thiophene rings is 1. The summed E-state index contributed by atoms with van der Waals surface area (Å²) in [4.78, 5) is 24.1. The summed E-state index contributed by atoms with van der Waals surface area (Å²) < 4.78 is 0. The molecule has 1 aromatic heterocycles. The zero-order valence-electron chi connectivity index (χ0n) is 9.96. The average Bonchev–Trinajstić information content (AvgIpc) is 2.95. The van der Waals surface area contributed by atoms with Crippen molar-refractivity contribution in [2.24, 2.45) is 0 Å². The molecule has 1 saturated heterocycles. The molecule has 1 atom stereocenters. The van der Waals surface area contributed by atoms with Crippen molar-refractivity contribution in [3.05, 3.63) is 22.4 Å². The topological polar surface area (TPSA) is 69.6 Å². The van der Waals surface area contributed by atoms with Gasteiger partial charge in [-0.2, -0.15) is 11.3 Å². The number of carboxylic acid groups (broad SMARTS) is 1. The Labute approximate surface area is 109 Å². The zero-order chi connectivity index (χ0) is 13.0. The molecule has 1 unspecified atom stereocenters. The average molecular weight is 268 g/mol. The van der Waals surface area contributed by atoms with Crippen LogP contribution in [0.15, 0.2) is 16.8 Å². The Hall–Kier alpha value is -1.40. The number of nitrogens with zero attached hydrogens (tertiary/aromatic N) is 1. The monoisotopic (exact) mass is 268 g/mol. The molecule has 5 nitrogen and oxygen atoms in total. The van der Waals surface area contributed by atoms with Crippen LogP contribution < -0.4 is 5.32 Å². The number of hydrogen-bond acceptors (Lipinski definition) is 4. The Morgan fingerprint density at radius 2 is 2.39 bits per heavy atom. The first kappa shape index (κ1) is 13.0. The number of rotatable bonds is 5. The third-order valence-corrected chi connectivity index (χ3v) is 3.78. The lowest BCUT2D eigenvalue weighted by Gasteiger charge is -2.23. The second-order valence-corrected chi connectivity index (χ2v) is 5.14. The Morgan fingerprint density at radius 3 is 3.06 bits per heavy atom. The maximum Gasteiger partial charge on any atom is 0.322 e. The Morgan fingerprint density at radius 1 is 1.56 bits per heavy atom. The highest BCUT2D eigenvalue weighted by molar-refractivity contribution is 7.07. The zero-order valence-corrected chi connectivity index (χ0v) is 10.8. The van der Waals surface area contributed by atoms with Crippen molar-refractivity contribution < 1.29 is 14.7 Å². The first-order chi connectivity index (χ1) is 8.66. The lowest BCUT2D eigenvalue weighted by molar-refractivity contribution is -0.138. The standard InChI is InChI=1S/C12H16N2O3S/c15-11(13-6-12(16)17)7-14-4-1-2-10(14)9-3-5-18-8-9/h3,5,8,10H,1-2,4,6-7H2,(H,13,15)(H,16,17). The third kappa shape index (κ3) is 3.30. The molecule has 0 spiro atoms. The summed E-state index contributed by atoms with van der Waals surface area (Å²) in [6.45, 7) is 0.852. The molecule has 1 aliphatic heterocycles. The molecular formula is C12H16N2O3S. The van der Waals surface area contributed by atoms with E-state index in [0.717, 1.165) is 19.4 Å². The summed E-state index contributed by atoms with van der Waals surface area (Å²) in [7, 11) is 0. The summed E-state index contributed by atoms with van der Waals surface area (Å²) in [5.74, 6) is -1.24. The molecule has 6 heteroatoms. The fourth-order valence-corrected chi connectivity index (χ4v) is 2.98. The van der Waals surface area contributed by atoms with Gasteiger partial charge in [0.05, 0.1) is 6.54 Å². The van der Waals surface area contributed by atoms with E-state index < -0.39 is 5.97 Å². The van der Waals surface area contributed by atoms with Crippen molar-refractivity contribution in [2.45, 2.75) is 18.9 Å². The van der Waals surface area contributed by atoms with E-state index in [9.17, 15) is 9.59 Å². The summed E-state index contributed by atoms with van der Waals surface area (Å²) in [6.07, 6.45) is 2.13. The molecule has 1 amide bonds. The van der Waals surface area contributed by atoms with Crippen molar-refractivity contribution in [3.8, 4) is 0 Å². The van der Waals surface area contributed by atoms with E-state index >= 15 is 0 Å². The number of carbonyl (C=O) groups is 2. The molecule has 98 valence electrons. The minimum absolute atomic E-state index is 0.223. The predicted octanol–water partition coefficient (Wildman–Crippen LogP) is 1.09. The van der Waals surface area contributed by atoms with Gasteiger partial charge in [0.15, 0.2) is 0 Å². The molecule has 0 aromatic carbocycles. The summed E-state index contributed by atoms with van der Waals surface area (Å²) in [6, 6.07) is 2.38. The largest absolute Gasteiger partial charge is 0.480 e. The van der Waals surface area contributed by atoms with Gasteiger partial charge in [-0.3, -0.25) is 14.5 Å². The van der Waals surface area contributed by atoms with Gasteiger partial charge >= 0.3 is 5.97 Å². The highest BCUT2D eigenvalue weighted by Crippen LogP contribution is 2.32. The molecule has 18 heavy (non-hydrogen) atoms. The third-order valence-electron chi connectivity index (χ3n) is 3.08. The fraction of sp³-hybridized carbons (Fsp3) is 0.500. The van der Waals surface area contributed by atoms with Gasteiger partial charge in [0, 0.05) is 6.04 Å². The second-order valence-electron chi connectivity index (χ2n) is 4.36. The van der Waals surface area contributed by atoms with E-state index in [-0.39, 0.29) is 19.0 Å². The van der Waals surface area contributed by atoms with Gasteiger partial charge in [0.2, 0.25) is 5.91 Å². The van der Waals surface area contributed by atoms with Crippen LogP contribution in [0.25, 0.3) is 0 Å². The normalized spacial score (nSPS) is 19.9. The summed E-state index contributed by atoms with van der Waals surface area (Å²) >= 11 is 1.66. The molecule has 1 aliphatic rings. The van der Waals surface area contributed by atoms with Crippen LogP contribution in [0.5, 0.6) is 0 Å². The maximum absolute atomic E-state index is 11.6. The fourth-order valence-electron chi connectivity index (χ4n) is 2.27. The van der Waals surface area contributed by atoms with Crippen molar-refractivity contribution >= 4 is 23.2 Å². The Bertz CT molecular complexity index is 419. The van der Waals surface area contributed by atoms with Gasteiger partial charge in [-0.1, -0.05) is 0 Å². The van der Waals surface area contributed by atoms with Crippen molar-refractivity contribution in [1.29, 1.82) is 0 Å². The van der Waals surface area contributed by atoms with Gasteiger partial charge in [-0.15, -0.1) is 0 Å². The number of hydrogen-bond donors (Lipinski definition) is 2. The van der Waals surface area contributed by atoms with E-state index in [1.165, 1.54) is 5.56 Å². The van der Waals surface area contributed by atoms with E-state index in [4.69, 9.17) is 5.11 Å². The maximum atomic E-state index is 11.6. The summed E-state index contributed by atoms with van der Waals surface area (Å²) in [5.41, 5.74) is 1.25. The van der Waals surface area contributed by atoms with Crippen LogP contribution in [0, 0.1) is 0 Å². The lowest BCUT2D eigenvalue weighted by Crippen LogP contribution is -2.38. The first-order valence-corrected chi connectivity index (χ1v) is 6.85. The van der Waals surface area contributed by atoms with Crippen LogP contribution in [0.2, 0.25) is 0 Å². The van der Waals surface area contributed by atoms with Crippen molar-refractivity contribution in [1.82, 2.24) is 10.2 Å². The SMILES string of the molecule is O=C(O)CNC(=O)CN1CCCC1c1ccsc1. The number of aliphatic carboxylic acids is 1. The molecule has 2 heterocycles. The van der Waals surface area contributed by atoms with Gasteiger partial charge < -0.3 is 10.4 Å². The summed E-state index contributed by atoms with van der Waals surface area (Å²) in [5, 5.41) is 15.0. The molecule has 2 N–H and O–H groups in total. The highest BCUT2D eigenvalue weighted by Gasteiger charge is 2.27. The molecule has 2 rings (SSSR count). The number of nitrogens with one attached hydrogen (secondary N) is 1. The predicted molar refractivity (Wildman–Crippen MR) is 68.5 cm³/mol. The molecule has 0 radical (unpaired) electrons. The van der Waals surface area contributed by atoms with E-state index in [1.807, 2.05) is 5.38 Å². The van der Waals surface area contributed by atoms with Gasteiger partial charge in [-0.25, -0.2) is 0 Å². The van der Waals surface area contributed by atoms with Crippen LogP contribution in [0.1, 0.15) is 24.4 Å². The van der Waals surface area contributed by atoms with Crippen molar-refractivity contribution in [3.63, 3.8) is 0 Å². The van der Waals surface area contributed by atoms with E-state index in [0.29, 0.717) is 6.04 Å². The molecule has 1 aromatic rings. The van der Waals surface area contributed by atoms with Crippen LogP contribution in [0.4, 0.5) is 0 Å². The first-order valence-electron chi connectivity index (χ1n) is 5.91. The number of carboxylic acids is 1. The van der Waals surface area contributed by atoms with Crippen LogP contribution in [-0.2, 0) is 9.59 Å². The minimum Gasteiger partial charge on any atom is -0.480 e. The van der Waals surface area contributed by atoms with Gasteiger partial charge in [0.25, 0.3) is 0 Å². The Kier molecular flexibility index (Phi) is 4.33. The van der Waals surface area contributed by atoms with Gasteiger partial charge in [-0.05, 0) is 41.8 Å². The van der Waals surface area contributed by atoms with E-state index in [1.54, 1.807) is 11.3 Å². The number of likely N-dealkylation sites (tertiary alicyclic amines) is 1. The number of amides is 1. The quantitative estimate of drug-likeness (QED) is 0.838. The molecular weight excluding hydrogens is 252 g/mol. The molecule has 0 bridgehead atoms. The van der Waals surface area contributed by atoms with Crippen LogP contribution >= 0.6 is 11.3 Å². The smallest absolute Gasteiger partial charge is 0.322 e. The molecule has 0 saturated carbocycles. The highest BCUT2D eigenvalue weighted by atomic mass is 32.1. The molecule has 1 fully saturated rings. The van der Waals surface area contributed by atoms with Crippen LogP contribution in [-0.4, -0.2) is 41.5 Å². The second kappa shape index (κ2) is 5.97. The van der Waals surface area contributed by atoms with Gasteiger partial charge in [0.1, 0.15) is 6.54 Å². The van der Waals surface area contributed by atoms with E-state index in [2.05, 4.69) is 21.7 Å². The lowest BCUT2D eigenvalue weighted by atomic mass is 10.1. The molecule has 0 aliphatic carbocycles. The van der Waals surface area contributed by atoms with Crippen molar-refractivity contribution in [2.75, 3.05) is 19.6 Å².